The predicted octanol–water partition coefficient (Wildman–Crippen LogP) is 6.55. The Labute approximate surface area is 205 Å². The average Bonchev–Trinajstić information content (AvgIpc) is 2.91. The van der Waals surface area contributed by atoms with Crippen molar-refractivity contribution in [3.8, 4) is 17.2 Å². The zero-order valence-corrected chi connectivity index (χ0v) is 19.4. The van der Waals surface area contributed by atoms with Gasteiger partial charge in [-0.3, -0.25) is 0 Å². The molecule has 0 spiro atoms. The Kier molecular flexibility index (Phi) is 8.38. The number of carboxylic acid groups (broad SMARTS) is 1. The minimum atomic E-state index is -0.950. The highest BCUT2D eigenvalue weighted by Gasteiger charge is 2.09. The molecule has 0 radical (unpaired) electrons. The summed E-state index contributed by atoms with van der Waals surface area (Å²) in [7, 11) is 0. The Morgan fingerprint density at radius 3 is 1.86 bits per heavy atom. The lowest BCUT2D eigenvalue weighted by molar-refractivity contribution is 0.0694. The van der Waals surface area contributed by atoms with Gasteiger partial charge < -0.3 is 19.3 Å². The standard InChI is InChI=1S/C30H28O5/c31-30(32)29-11-5-4-10-25(29)22-35-27-14-12-23(13-15-27)9-6-20-33-26-16-18-28(19-17-26)34-21-24-7-2-1-3-8-24/h1-5,7-8,10-19H,6,9,20-22H2,(H,31,32). The van der Waals surface area contributed by atoms with Crippen molar-refractivity contribution < 1.29 is 24.1 Å². The summed E-state index contributed by atoms with van der Waals surface area (Å²) in [5.74, 6) is 1.39. The SMILES string of the molecule is O=C(O)c1ccccc1COc1ccc(CCCOc2ccc(OCc3ccccc3)cc2)cc1. The Morgan fingerprint density at radius 2 is 1.17 bits per heavy atom. The smallest absolute Gasteiger partial charge is 0.336 e. The van der Waals surface area contributed by atoms with Gasteiger partial charge in [0.05, 0.1) is 12.2 Å². The highest BCUT2D eigenvalue weighted by atomic mass is 16.5. The van der Waals surface area contributed by atoms with Crippen LogP contribution in [-0.4, -0.2) is 17.7 Å². The summed E-state index contributed by atoms with van der Waals surface area (Å²) in [5.41, 5.74) is 3.24. The molecule has 5 heteroatoms. The molecule has 0 saturated heterocycles. The third kappa shape index (κ3) is 7.37. The number of hydrogen-bond donors (Lipinski definition) is 1. The topological polar surface area (TPSA) is 65.0 Å². The van der Waals surface area contributed by atoms with Gasteiger partial charge in [-0.05, 0) is 66.4 Å². The molecule has 5 nitrogen and oxygen atoms in total. The summed E-state index contributed by atoms with van der Waals surface area (Å²) in [4.78, 5) is 11.3. The van der Waals surface area contributed by atoms with Gasteiger partial charge >= 0.3 is 5.97 Å². The fourth-order valence-corrected chi connectivity index (χ4v) is 3.61. The van der Waals surface area contributed by atoms with Crippen molar-refractivity contribution >= 4 is 5.97 Å². The third-order valence-corrected chi connectivity index (χ3v) is 5.52. The molecule has 0 bridgehead atoms. The second-order valence-corrected chi connectivity index (χ2v) is 8.09. The van der Waals surface area contributed by atoms with E-state index in [1.165, 1.54) is 5.56 Å². The zero-order valence-electron chi connectivity index (χ0n) is 19.4. The van der Waals surface area contributed by atoms with Crippen LogP contribution in [-0.2, 0) is 19.6 Å². The number of aryl methyl sites for hydroxylation is 1. The summed E-state index contributed by atoms with van der Waals surface area (Å²) in [6.07, 6.45) is 1.78. The molecule has 0 saturated carbocycles. The summed E-state index contributed by atoms with van der Waals surface area (Å²) < 4.78 is 17.4. The molecule has 0 aliphatic rings. The molecule has 0 aliphatic heterocycles. The molecule has 0 heterocycles. The van der Waals surface area contributed by atoms with Gasteiger partial charge in [-0.1, -0.05) is 60.7 Å². The van der Waals surface area contributed by atoms with Crippen LogP contribution in [0.1, 0.15) is 33.5 Å². The number of hydrogen-bond acceptors (Lipinski definition) is 4. The lowest BCUT2D eigenvalue weighted by Crippen LogP contribution is -2.05. The van der Waals surface area contributed by atoms with Crippen LogP contribution < -0.4 is 14.2 Å². The van der Waals surface area contributed by atoms with Crippen LogP contribution in [0.5, 0.6) is 17.2 Å². The van der Waals surface area contributed by atoms with E-state index in [0.29, 0.717) is 24.5 Å². The van der Waals surface area contributed by atoms with E-state index in [9.17, 15) is 9.90 Å². The molecule has 4 rings (SSSR count). The monoisotopic (exact) mass is 468 g/mol. The van der Waals surface area contributed by atoms with Gasteiger partial charge in [0.1, 0.15) is 30.5 Å². The fourth-order valence-electron chi connectivity index (χ4n) is 3.61. The first-order chi connectivity index (χ1) is 17.2. The van der Waals surface area contributed by atoms with Crippen LogP contribution in [0.2, 0.25) is 0 Å². The van der Waals surface area contributed by atoms with Crippen molar-refractivity contribution in [1.29, 1.82) is 0 Å². The quantitative estimate of drug-likeness (QED) is 0.239. The maximum atomic E-state index is 11.3. The zero-order chi connectivity index (χ0) is 24.3. The van der Waals surface area contributed by atoms with Crippen molar-refractivity contribution in [1.82, 2.24) is 0 Å². The number of aromatic carboxylic acids is 1. The van der Waals surface area contributed by atoms with Crippen LogP contribution in [0.3, 0.4) is 0 Å². The van der Waals surface area contributed by atoms with Gasteiger partial charge in [-0.2, -0.15) is 0 Å². The average molecular weight is 469 g/mol. The van der Waals surface area contributed by atoms with Crippen LogP contribution in [0.4, 0.5) is 0 Å². The molecule has 0 amide bonds. The van der Waals surface area contributed by atoms with E-state index in [-0.39, 0.29) is 12.2 Å². The van der Waals surface area contributed by atoms with Gasteiger partial charge in [-0.25, -0.2) is 4.79 Å². The first-order valence-corrected chi connectivity index (χ1v) is 11.6. The van der Waals surface area contributed by atoms with Gasteiger partial charge in [0, 0.05) is 5.56 Å². The van der Waals surface area contributed by atoms with E-state index < -0.39 is 5.97 Å². The summed E-state index contributed by atoms with van der Waals surface area (Å²) in [6.45, 7) is 1.38. The van der Waals surface area contributed by atoms with E-state index in [1.54, 1.807) is 18.2 Å². The molecule has 0 fully saturated rings. The molecule has 1 N–H and O–H groups in total. The second-order valence-electron chi connectivity index (χ2n) is 8.09. The lowest BCUT2D eigenvalue weighted by Gasteiger charge is -2.10. The third-order valence-electron chi connectivity index (χ3n) is 5.52. The fraction of sp³-hybridized carbons (Fsp3) is 0.167. The van der Waals surface area contributed by atoms with E-state index in [1.807, 2.05) is 84.9 Å². The Hall–Kier alpha value is -4.25. The van der Waals surface area contributed by atoms with Gasteiger partial charge in [0.15, 0.2) is 0 Å². The largest absolute Gasteiger partial charge is 0.494 e. The summed E-state index contributed by atoms with van der Waals surface area (Å²) >= 11 is 0. The van der Waals surface area contributed by atoms with Crippen molar-refractivity contribution in [2.24, 2.45) is 0 Å². The number of rotatable bonds is 12. The number of carboxylic acids is 1. The van der Waals surface area contributed by atoms with Gasteiger partial charge in [0.25, 0.3) is 0 Å². The van der Waals surface area contributed by atoms with E-state index in [2.05, 4.69) is 0 Å². The molecule has 4 aromatic rings. The Morgan fingerprint density at radius 1 is 0.600 bits per heavy atom. The number of benzene rings is 4. The minimum absolute atomic E-state index is 0.214. The maximum Gasteiger partial charge on any atom is 0.336 e. The van der Waals surface area contributed by atoms with Crippen LogP contribution in [0.15, 0.2) is 103 Å². The predicted molar refractivity (Wildman–Crippen MR) is 135 cm³/mol. The van der Waals surface area contributed by atoms with Gasteiger partial charge in [-0.15, -0.1) is 0 Å². The first-order valence-electron chi connectivity index (χ1n) is 11.6. The molecule has 0 aliphatic carbocycles. The molecular weight excluding hydrogens is 440 g/mol. The van der Waals surface area contributed by atoms with Crippen LogP contribution >= 0.6 is 0 Å². The van der Waals surface area contributed by atoms with Gasteiger partial charge in [0.2, 0.25) is 0 Å². The number of carbonyl (C=O) groups is 1. The Balaban J connectivity index is 1.16. The van der Waals surface area contributed by atoms with Crippen molar-refractivity contribution in [3.63, 3.8) is 0 Å². The molecule has 35 heavy (non-hydrogen) atoms. The van der Waals surface area contributed by atoms with Crippen LogP contribution in [0, 0.1) is 0 Å². The molecule has 4 aromatic carbocycles. The molecular formula is C30H28O5. The molecule has 0 atom stereocenters. The van der Waals surface area contributed by atoms with Crippen molar-refractivity contribution in [2.45, 2.75) is 26.1 Å². The maximum absolute atomic E-state index is 11.3. The highest BCUT2D eigenvalue weighted by Crippen LogP contribution is 2.20. The van der Waals surface area contributed by atoms with Crippen molar-refractivity contribution in [3.05, 3.63) is 125 Å². The van der Waals surface area contributed by atoms with E-state index >= 15 is 0 Å². The van der Waals surface area contributed by atoms with Crippen LogP contribution in [0.25, 0.3) is 0 Å². The second kappa shape index (κ2) is 12.3. The summed E-state index contributed by atoms with van der Waals surface area (Å²) in [5, 5.41) is 9.28. The van der Waals surface area contributed by atoms with E-state index in [0.717, 1.165) is 29.9 Å². The lowest BCUT2D eigenvalue weighted by atomic mass is 10.1. The first kappa shape index (κ1) is 23.9. The molecule has 0 unspecified atom stereocenters. The minimum Gasteiger partial charge on any atom is -0.494 e. The molecule has 178 valence electrons. The van der Waals surface area contributed by atoms with E-state index in [4.69, 9.17) is 14.2 Å². The summed E-state index contributed by atoms with van der Waals surface area (Å²) in [6, 6.07) is 32.5. The highest BCUT2D eigenvalue weighted by molar-refractivity contribution is 5.89. The molecule has 0 aromatic heterocycles. The normalized spacial score (nSPS) is 10.5. The van der Waals surface area contributed by atoms with Crippen molar-refractivity contribution in [2.75, 3.05) is 6.61 Å². The number of ether oxygens (including phenoxy) is 3. The Bertz CT molecular complexity index is 1200.